The molecule has 2 aromatic heterocycles. The predicted molar refractivity (Wildman–Crippen MR) is 146 cm³/mol. The van der Waals surface area contributed by atoms with Gasteiger partial charge >= 0.3 is 5.97 Å². The number of aryl methyl sites for hydroxylation is 2. The molecule has 11 heteroatoms. The molecule has 0 saturated heterocycles. The zero-order valence-corrected chi connectivity index (χ0v) is 22.4. The summed E-state index contributed by atoms with van der Waals surface area (Å²) in [4.78, 5) is 25.8. The zero-order valence-electron chi connectivity index (χ0n) is 19.3. The standard InChI is InChI=1S/C25H19Cl2N3O4S2/c1-12-7-9-14(10-8-12)15-11-36-23(19(15)24(32)33-3)29-25(35)28-22(31)18-13(2)34-30-21(18)20-16(26)5-4-6-17(20)27/h4-11H,1-3H3,(H2,28,29,31,35). The lowest BCUT2D eigenvalue weighted by molar-refractivity contribution is 0.0603. The maximum Gasteiger partial charge on any atom is 0.341 e. The van der Waals surface area contributed by atoms with Gasteiger partial charge in [0.2, 0.25) is 0 Å². The third-order valence-corrected chi connectivity index (χ3v) is 7.02. The summed E-state index contributed by atoms with van der Waals surface area (Å²) in [6.45, 7) is 3.57. The Hall–Kier alpha value is -3.24. The molecular formula is C25H19Cl2N3O4S2. The SMILES string of the molecule is COC(=O)c1c(-c2ccc(C)cc2)csc1NC(=S)NC(=O)c1c(-c2c(Cl)cccc2Cl)noc1C. The van der Waals surface area contributed by atoms with Gasteiger partial charge in [-0.15, -0.1) is 11.3 Å². The van der Waals surface area contributed by atoms with Crippen LogP contribution in [-0.4, -0.2) is 29.3 Å². The number of benzene rings is 2. The predicted octanol–water partition coefficient (Wildman–Crippen LogP) is 6.91. The van der Waals surface area contributed by atoms with Gasteiger partial charge in [-0.3, -0.25) is 10.1 Å². The van der Waals surface area contributed by atoms with Crippen LogP contribution >= 0.6 is 46.8 Å². The molecule has 0 aliphatic rings. The molecule has 0 aliphatic carbocycles. The topological polar surface area (TPSA) is 93.5 Å². The van der Waals surface area contributed by atoms with E-state index < -0.39 is 11.9 Å². The van der Waals surface area contributed by atoms with E-state index in [0.717, 1.165) is 11.1 Å². The largest absolute Gasteiger partial charge is 0.465 e. The Kier molecular flexibility index (Phi) is 7.75. The fourth-order valence-electron chi connectivity index (χ4n) is 3.53. The van der Waals surface area contributed by atoms with E-state index in [1.54, 1.807) is 25.1 Å². The van der Waals surface area contributed by atoms with Crippen LogP contribution in [0.5, 0.6) is 0 Å². The zero-order chi connectivity index (χ0) is 26.0. The molecule has 0 aliphatic heterocycles. The molecule has 0 spiro atoms. The van der Waals surface area contributed by atoms with Crippen molar-refractivity contribution in [1.82, 2.24) is 10.5 Å². The molecule has 0 radical (unpaired) electrons. The highest BCUT2D eigenvalue weighted by Gasteiger charge is 2.26. The van der Waals surface area contributed by atoms with Gasteiger partial charge in [0.05, 0.1) is 17.2 Å². The third-order valence-electron chi connectivity index (χ3n) is 5.29. The molecule has 1 amide bonds. The van der Waals surface area contributed by atoms with Gasteiger partial charge in [0.1, 0.15) is 27.6 Å². The molecule has 0 fully saturated rings. The van der Waals surface area contributed by atoms with Crippen molar-refractivity contribution in [3.8, 4) is 22.4 Å². The summed E-state index contributed by atoms with van der Waals surface area (Å²) in [5, 5.41) is 12.4. The maximum atomic E-state index is 13.2. The Bertz CT molecular complexity index is 1460. The fraction of sp³-hybridized carbons (Fsp3) is 0.120. The van der Waals surface area contributed by atoms with E-state index in [9.17, 15) is 9.59 Å². The summed E-state index contributed by atoms with van der Waals surface area (Å²) < 4.78 is 10.3. The molecule has 0 unspecified atom stereocenters. The minimum absolute atomic E-state index is 0.0285. The highest BCUT2D eigenvalue weighted by atomic mass is 35.5. The van der Waals surface area contributed by atoms with E-state index >= 15 is 0 Å². The summed E-state index contributed by atoms with van der Waals surface area (Å²) in [5.41, 5.74) is 3.64. The van der Waals surface area contributed by atoms with Crippen molar-refractivity contribution in [2.24, 2.45) is 0 Å². The van der Waals surface area contributed by atoms with E-state index in [0.29, 0.717) is 31.7 Å². The van der Waals surface area contributed by atoms with Crippen molar-refractivity contribution in [3.63, 3.8) is 0 Å². The highest BCUT2D eigenvalue weighted by Crippen LogP contribution is 2.38. The van der Waals surface area contributed by atoms with E-state index in [4.69, 9.17) is 44.7 Å². The second-order valence-corrected chi connectivity index (χ2v) is 9.78. The molecule has 2 aromatic carbocycles. The van der Waals surface area contributed by atoms with Crippen LogP contribution in [0.1, 0.15) is 32.0 Å². The number of rotatable bonds is 5. The Labute approximate surface area is 226 Å². The molecule has 7 nitrogen and oxygen atoms in total. The quantitative estimate of drug-likeness (QED) is 0.202. The number of hydrogen-bond donors (Lipinski definition) is 2. The monoisotopic (exact) mass is 559 g/mol. The third kappa shape index (κ3) is 5.15. The molecule has 36 heavy (non-hydrogen) atoms. The first-order chi connectivity index (χ1) is 17.2. The number of carbonyl (C=O) groups excluding carboxylic acids is 2. The molecule has 0 atom stereocenters. The fourth-order valence-corrected chi connectivity index (χ4v) is 5.33. The van der Waals surface area contributed by atoms with Gasteiger partial charge in [0.25, 0.3) is 5.91 Å². The Morgan fingerprint density at radius 1 is 1.06 bits per heavy atom. The number of nitrogens with one attached hydrogen (secondary N) is 2. The first kappa shape index (κ1) is 25.8. The summed E-state index contributed by atoms with van der Waals surface area (Å²) in [6, 6.07) is 12.7. The van der Waals surface area contributed by atoms with Crippen LogP contribution in [0.3, 0.4) is 0 Å². The number of methoxy groups -OCH3 is 1. The van der Waals surface area contributed by atoms with Gasteiger partial charge in [0, 0.05) is 16.5 Å². The number of aromatic nitrogens is 1. The molecule has 4 rings (SSSR count). The molecule has 184 valence electrons. The van der Waals surface area contributed by atoms with E-state index in [1.807, 2.05) is 36.6 Å². The summed E-state index contributed by atoms with van der Waals surface area (Å²) in [5.74, 6) is -0.851. The van der Waals surface area contributed by atoms with Gasteiger partial charge in [-0.25, -0.2) is 4.79 Å². The minimum atomic E-state index is -0.577. The van der Waals surface area contributed by atoms with Crippen LogP contribution in [-0.2, 0) is 4.74 Å². The van der Waals surface area contributed by atoms with Crippen molar-refractivity contribution < 1.29 is 18.8 Å². The highest BCUT2D eigenvalue weighted by molar-refractivity contribution is 7.80. The lowest BCUT2D eigenvalue weighted by Gasteiger charge is -2.11. The molecule has 0 bridgehead atoms. The summed E-state index contributed by atoms with van der Waals surface area (Å²) in [7, 11) is 1.30. The van der Waals surface area contributed by atoms with E-state index in [-0.39, 0.29) is 22.1 Å². The lowest BCUT2D eigenvalue weighted by Crippen LogP contribution is -2.34. The number of thiophene rings is 1. The maximum absolute atomic E-state index is 13.2. The Morgan fingerprint density at radius 2 is 1.72 bits per heavy atom. The number of thiocarbonyl (C=S) groups is 1. The second-order valence-electron chi connectivity index (χ2n) is 7.68. The molecule has 2 N–H and O–H groups in total. The van der Waals surface area contributed by atoms with Gasteiger partial charge < -0.3 is 14.6 Å². The van der Waals surface area contributed by atoms with Crippen LogP contribution in [0.25, 0.3) is 22.4 Å². The van der Waals surface area contributed by atoms with E-state index in [1.165, 1.54) is 18.4 Å². The van der Waals surface area contributed by atoms with Crippen molar-refractivity contribution in [3.05, 3.63) is 80.3 Å². The minimum Gasteiger partial charge on any atom is -0.465 e. The van der Waals surface area contributed by atoms with Crippen molar-refractivity contribution >= 4 is 68.7 Å². The van der Waals surface area contributed by atoms with E-state index in [2.05, 4.69) is 15.8 Å². The van der Waals surface area contributed by atoms with Crippen molar-refractivity contribution in [1.29, 1.82) is 0 Å². The molecule has 4 aromatic rings. The van der Waals surface area contributed by atoms with Crippen LogP contribution < -0.4 is 10.6 Å². The number of anilines is 1. The van der Waals surface area contributed by atoms with Crippen LogP contribution in [0.4, 0.5) is 5.00 Å². The average molecular weight is 560 g/mol. The molecule has 2 heterocycles. The van der Waals surface area contributed by atoms with Crippen molar-refractivity contribution in [2.75, 3.05) is 12.4 Å². The van der Waals surface area contributed by atoms with Gasteiger partial charge in [0.15, 0.2) is 5.11 Å². The normalized spacial score (nSPS) is 10.7. The summed E-state index contributed by atoms with van der Waals surface area (Å²) in [6.07, 6.45) is 0. The molecule has 0 saturated carbocycles. The van der Waals surface area contributed by atoms with Gasteiger partial charge in [-0.05, 0) is 43.8 Å². The lowest BCUT2D eigenvalue weighted by atomic mass is 10.0. The first-order valence-corrected chi connectivity index (χ1v) is 12.6. The van der Waals surface area contributed by atoms with Crippen LogP contribution in [0.2, 0.25) is 10.0 Å². The van der Waals surface area contributed by atoms with Crippen LogP contribution in [0.15, 0.2) is 52.4 Å². The average Bonchev–Trinajstić information content (AvgIpc) is 3.42. The summed E-state index contributed by atoms with van der Waals surface area (Å²) >= 11 is 19.3. The number of hydrogen-bond acceptors (Lipinski definition) is 7. The van der Waals surface area contributed by atoms with Gasteiger partial charge in [-0.2, -0.15) is 0 Å². The molecular weight excluding hydrogens is 541 g/mol. The van der Waals surface area contributed by atoms with Crippen molar-refractivity contribution in [2.45, 2.75) is 13.8 Å². The second kappa shape index (κ2) is 10.8. The number of ether oxygens (including phenoxy) is 1. The number of nitrogens with zero attached hydrogens (tertiary/aromatic N) is 1. The number of carbonyl (C=O) groups is 2. The first-order valence-electron chi connectivity index (χ1n) is 10.5. The number of esters is 1. The Morgan fingerprint density at radius 3 is 2.36 bits per heavy atom. The van der Waals surface area contributed by atoms with Crippen LogP contribution in [0, 0.1) is 13.8 Å². The van der Waals surface area contributed by atoms with Gasteiger partial charge in [-0.1, -0.05) is 64.3 Å². The smallest absolute Gasteiger partial charge is 0.341 e. The number of halogens is 2. The number of amides is 1. The Balaban J connectivity index is 1.60.